The van der Waals surface area contributed by atoms with E-state index in [0.717, 1.165) is 0 Å². The Kier molecular flexibility index (Phi) is 7.89. The van der Waals surface area contributed by atoms with Crippen LogP contribution >= 0.6 is 0 Å². The number of carbonyl (C=O) groups is 2. The van der Waals surface area contributed by atoms with Crippen LogP contribution in [0.15, 0.2) is 28.8 Å². The van der Waals surface area contributed by atoms with Crippen molar-refractivity contribution < 1.29 is 19.8 Å². The summed E-state index contributed by atoms with van der Waals surface area (Å²) in [6, 6.07) is 2.79. The van der Waals surface area contributed by atoms with E-state index in [0.29, 0.717) is 15.6 Å². The van der Waals surface area contributed by atoms with E-state index < -0.39 is 25.3 Å². The maximum Gasteiger partial charge on any atom is 0.344 e. The maximum absolute atomic E-state index is 11.9. The fraction of sp³-hybridized carbons (Fsp3) is 0.385. The summed E-state index contributed by atoms with van der Waals surface area (Å²) in [5.74, 6) is 0. The molecule has 0 aliphatic heterocycles. The minimum atomic E-state index is -0.860. The highest BCUT2D eigenvalue weighted by molar-refractivity contribution is 5.93. The van der Waals surface area contributed by atoms with Crippen LogP contribution < -0.4 is 10.6 Å². The van der Waals surface area contributed by atoms with Crippen LogP contribution in [-0.4, -0.2) is 58.6 Å². The topological polar surface area (TPSA) is 164 Å². The fourth-order valence-corrected chi connectivity index (χ4v) is 1.75. The second kappa shape index (κ2) is 9.89. The third-order valence-corrected chi connectivity index (χ3v) is 3.02. The number of amides is 4. The summed E-state index contributed by atoms with van der Waals surface area (Å²) in [5.41, 5.74) is 1.15. The number of nitrogens with zero attached hydrogens (tertiary/aromatic N) is 4. The van der Waals surface area contributed by atoms with Crippen molar-refractivity contribution in [1.29, 1.82) is 0 Å². The third-order valence-electron chi connectivity index (χ3n) is 3.02. The average molecular weight is 354 g/mol. The Hall–Kier alpha value is -3.12. The molecule has 0 heterocycles. The van der Waals surface area contributed by atoms with Gasteiger partial charge in [-0.3, -0.25) is 0 Å². The molecule has 0 saturated heterocycles. The summed E-state index contributed by atoms with van der Waals surface area (Å²) in [7, 11) is 0. The Morgan fingerprint density at radius 2 is 1.52 bits per heavy atom. The molecule has 0 unspecified atom stereocenters. The Morgan fingerprint density at radius 1 is 1.00 bits per heavy atom. The lowest BCUT2D eigenvalue weighted by Gasteiger charge is -2.16. The number of hydrogen-bond acceptors (Lipinski definition) is 8. The van der Waals surface area contributed by atoms with Gasteiger partial charge in [0.2, 0.25) is 0 Å². The van der Waals surface area contributed by atoms with Gasteiger partial charge in [-0.2, -0.15) is 10.0 Å². The number of aryl methyl sites for hydroxylation is 1. The molecule has 1 aromatic rings. The van der Waals surface area contributed by atoms with Crippen molar-refractivity contribution in [2.75, 3.05) is 36.9 Å². The van der Waals surface area contributed by atoms with Crippen LogP contribution in [0.25, 0.3) is 0 Å². The summed E-state index contributed by atoms with van der Waals surface area (Å²) in [6.45, 7) is 0.260. The van der Waals surface area contributed by atoms with Crippen LogP contribution in [-0.2, 0) is 0 Å². The van der Waals surface area contributed by atoms with Gasteiger partial charge in [-0.15, -0.1) is 9.81 Å². The SMILES string of the molecule is Cc1ccc(NC(=O)N(CCO)N=O)cc1NC(=O)N(CCO)N=O. The van der Waals surface area contributed by atoms with Gasteiger partial charge < -0.3 is 20.8 Å². The molecule has 0 fully saturated rings. The highest BCUT2D eigenvalue weighted by Crippen LogP contribution is 2.21. The number of rotatable bonds is 8. The molecule has 0 atom stereocenters. The summed E-state index contributed by atoms with van der Waals surface area (Å²) in [5, 5.41) is 28.3. The van der Waals surface area contributed by atoms with Crippen LogP contribution in [0.3, 0.4) is 0 Å². The lowest BCUT2D eigenvalue weighted by atomic mass is 10.2. The molecule has 0 aliphatic rings. The lowest BCUT2D eigenvalue weighted by Crippen LogP contribution is -2.33. The number of carbonyl (C=O) groups excluding carboxylic acids is 2. The minimum absolute atomic E-state index is 0.241. The summed E-state index contributed by atoms with van der Waals surface area (Å²) in [4.78, 5) is 44.8. The molecule has 0 spiro atoms. The number of nitroso groups, excluding NO2 is 2. The monoisotopic (exact) mass is 354 g/mol. The van der Waals surface area contributed by atoms with Gasteiger partial charge in [-0.05, 0) is 24.6 Å². The van der Waals surface area contributed by atoms with Gasteiger partial charge in [0.15, 0.2) is 0 Å². The standard InChI is InChI=1S/C13H18N6O6/c1-9-2-3-10(14-12(22)18(16-24)4-6-20)8-11(9)15-13(23)19(17-25)5-7-21/h2-3,8,20-21H,4-7H2,1H3,(H,14,22)(H,15,23). The molecule has 0 aromatic heterocycles. The molecule has 12 heteroatoms. The van der Waals surface area contributed by atoms with E-state index in [9.17, 15) is 19.4 Å². The molecule has 0 bridgehead atoms. The van der Waals surface area contributed by atoms with E-state index in [1.807, 2.05) is 0 Å². The summed E-state index contributed by atoms with van der Waals surface area (Å²) in [6.07, 6.45) is 0. The zero-order chi connectivity index (χ0) is 18.8. The quantitative estimate of drug-likeness (QED) is 0.402. The molecule has 4 N–H and O–H groups in total. The van der Waals surface area contributed by atoms with Crippen molar-refractivity contribution in [2.24, 2.45) is 10.6 Å². The third kappa shape index (κ3) is 5.78. The van der Waals surface area contributed by atoms with E-state index in [1.165, 1.54) is 12.1 Å². The first-order chi connectivity index (χ1) is 12.0. The van der Waals surface area contributed by atoms with Crippen LogP contribution in [0.5, 0.6) is 0 Å². The van der Waals surface area contributed by atoms with Crippen molar-refractivity contribution in [3.63, 3.8) is 0 Å². The first-order valence-corrected chi connectivity index (χ1v) is 7.12. The first-order valence-electron chi connectivity index (χ1n) is 7.12. The number of aliphatic hydroxyl groups excluding tert-OH is 2. The predicted molar refractivity (Wildman–Crippen MR) is 88.4 cm³/mol. The van der Waals surface area contributed by atoms with Crippen LogP contribution in [0.2, 0.25) is 0 Å². The molecule has 1 aromatic carbocycles. The fourth-order valence-electron chi connectivity index (χ4n) is 1.75. The zero-order valence-corrected chi connectivity index (χ0v) is 13.4. The van der Waals surface area contributed by atoms with E-state index in [1.54, 1.807) is 13.0 Å². The maximum atomic E-state index is 11.9. The van der Waals surface area contributed by atoms with Crippen molar-refractivity contribution in [3.8, 4) is 0 Å². The van der Waals surface area contributed by atoms with Crippen LogP contribution in [0.1, 0.15) is 5.56 Å². The van der Waals surface area contributed by atoms with E-state index >= 15 is 0 Å². The van der Waals surface area contributed by atoms with Gasteiger partial charge in [0, 0.05) is 11.4 Å². The second-order valence-electron chi connectivity index (χ2n) is 4.75. The number of urea groups is 2. The number of aliphatic hydroxyl groups is 2. The highest BCUT2D eigenvalue weighted by Gasteiger charge is 2.17. The number of nitrogens with one attached hydrogen (secondary N) is 2. The van der Waals surface area contributed by atoms with Crippen molar-refractivity contribution in [2.45, 2.75) is 6.92 Å². The minimum Gasteiger partial charge on any atom is -0.394 e. The van der Waals surface area contributed by atoms with Crippen molar-refractivity contribution >= 4 is 23.4 Å². The molecule has 1 rings (SSSR count). The van der Waals surface area contributed by atoms with Gasteiger partial charge in [-0.25, -0.2) is 9.59 Å². The Labute approximate surface area is 142 Å². The van der Waals surface area contributed by atoms with Crippen LogP contribution in [0, 0.1) is 16.7 Å². The number of anilines is 2. The van der Waals surface area contributed by atoms with E-state index in [2.05, 4.69) is 21.2 Å². The molecule has 25 heavy (non-hydrogen) atoms. The number of hydrogen-bond donors (Lipinski definition) is 4. The van der Waals surface area contributed by atoms with Gasteiger partial charge >= 0.3 is 12.1 Å². The second-order valence-corrected chi connectivity index (χ2v) is 4.75. The molecular weight excluding hydrogens is 336 g/mol. The van der Waals surface area contributed by atoms with E-state index in [4.69, 9.17) is 10.2 Å². The van der Waals surface area contributed by atoms with Gasteiger partial charge in [0.05, 0.1) is 36.9 Å². The smallest absolute Gasteiger partial charge is 0.344 e. The molecule has 136 valence electrons. The molecule has 4 amide bonds. The van der Waals surface area contributed by atoms with Crippen LogP contribution in [0.4, 0.5) is 21.0 Å². The average Bonchev–Trinajstić information content (AvgIpc) is 2.60. The molecule has 0 aliphatic carbocycles. The first kappa shape index (κ1) is 19.9. The number of benzene rings is 1. The molecule has 12 nitrogen and oxygen atoms in total. The highest BCUT2D eigenvalue weighted by atomic mass is 16.3. The van der Waals surface area contributed by atoms with E-state index in [-0.39, 0.29) is 24.5 Å². The van der Waals surface area contributed by atoms with Gasteiger partial charge in [0.25, 0.3) is 0 Å². The van der Waals surface area contributed by atoms with Crippen molar-refractivity contribution in [1.82, 2.24) is 10.0 Å². The largest absolute Gasteiger partial charge is 0.394 e. The summed E-state index contributed by atoms with van der Waals surface area (Å²) >= 11 is 0. The molecule has 0 radical (unpaired) electrons. The molecular formula is C13H18N6O6. The molecule has 0 saturated carbocycles. The summed E-state index contributed by atoms with van der Waals surface area (Å²) < 4.78 is 0. The Bertz CT molecular complexity index is 639. The van der Waals surface area contributed by atoms with Gasteiger partial charge in [-0.1, -0.05) is 6.07 Å². The Morgan fingerprint density at radius 3 is 2.00 bits per heavy atom. The zero-order valence-electron chi connectivity index (χ0n) is 13.4. The van der Waals surface area contributed by atoms with Crippen molar-refractivity contribution in [3.05, 3.63) is 33.6 Å². The normalized spacial score (nSPS) is 9.88. The lowest BCUT2D eigenvalue weighted by molar-refractivity contribution is 0.190. The predicted octanol–water partition coefficient (Wildman–Crippen LogP) is 1.01. The van der Waals surface area contributed by atoms with Gasteiger partial charge in [0.1, 0.15) is 0 Å². The Balaban J connectivity index is 2.88.